The van der Waals surface area contributed by atoms with Crippen molar-refractivity contribution in [1.29, 1.82) is 5.26 Å². The second kappa shape index (κ2) is 5.14. The van der Waals surface area contributed by atoms with Crippen molar-refractivity contribution in [3.8, 4) is 11.8 Å². The zero-order valence-corrected chi connectivity index (χ0v) is 11.5. The van der Waals surface area contributed by atoms with Gasteiger partial charge in [0, 0.05) is 19.1 Å². The summed E-state index contributed by atoms with van der Waals surface area (Å²) < 4.78 is 16.7. The molecule has 0 bridgehead atoms. The van der Waals surface area contributed by atoms with Crippen molar-refractivity contribution in [2.45, 2.75) is 25.9 Å². The van der Waals surface area contributed by atoms with Gasteiger partial charge in [-0.25, -0.2) is 4.98 Å². The summed E-state index contributed by atoms with van der Waals surface area (Å²) in [6.07, 6.45) is 1.53. The molecular weight excluding hydrogens is 256 g/mol. The van der Waals surface area contributed by atoms with Gasteiger partial charge < -0.3 is 13.9 Å². The first-order chi connectivity index (χ1) is 9.74. The van der Waals surface area contributed by atoms with Crippen LogP contribution in [0.15, 0.2) is 16.5 Å². The number of oxazole rings is 1. The molecule has 1 aliphatic rings. The van der Waals surface area contributed by atoms with Gasteiger partial charge in [-0.1, -0.05) is 6.07 Å². The molecule has 0 spiro atoms. The molecule has 2 atom stereocenters. The standard InChI is InChI=1S/C15H16N2O3/c1-9-17-13-11(5-6-12(18-2)15(13)20-9)14-10(8-16)4-3-7-19-14/h5-6,10,14H,3-4,7H2,1-2H3. The fourth-order valence-corrected chi connectivity index (χ4v) is 2.72. The van der Waals surface area contributed by atoms with Gasteiger partial charge in [-0.15, -0.1) is 0 Å². The molecular formula is C15H16N2O3. The minimum absolute atomic E-state index is 0.141. The van der Waals surface area contributed by atoms with E-state index in [0.717, 1.165) is 23.9 Å². The first-order valence-corrected chi connectivity index (χ1v) is 6.70. The van der Waals surface area contributed by atoms with E-state index in [1.165, 1.54) is 0 Å². The Hall–Kier alpha value is -2.06. The molecule has 20 heavy (non-hydrogen) atoms. The molecule has 104 valence electrons. The molecule has 1 fully saturated rings. The number of nitriles is 1. The van der Waals surface area contributed by atoms with Crippen LogP contribution in [0.2, 0.25) is 0 Å². The second-order valence-corrected chi connectivity index (χ2v) is 4.94. The van der Waals surface area contributed by atoms with Crippen LogP contribution < -0.4 is 4.74 Å². The molecule has 1 aromatic heterocycles. The number of fused-ring (bicyclic) bond motifs is 1. The fourth-order valence-electron chi connectivity index (χ4n) is 2.72. The molecule has 5 heteroatoms. The first-order valence-electron chi connectivity index (χ1n) is 6.70. The van der Waals surface area contributed by atoms with Gasteiger partial charge in [0.2, 0.25) is 0 Å². The van der Waals surface area contributed by atoms with Gasteiger partial charge >= 0.3 is 0 Å². The van der Waals surface area contributed by atoms with E-state index < -0.39 is 0 Å². The van der Waals surface area contributed by atoms with Crippen LogP contribution in [0.1, 0.15) is 30.4 Å². The van der Waals surface area contributed by atoms with Crippen LogP contribution in [0.25, 0.3) is 11.1 Å². The highest BCUT2D eigenvalue weighted by atomic mass is 16.5. The number of hydrogen-bond donors (Lipinski definition) is 0. The third-order valence-corrected chi connectivity index (χ3v) is 3.66. The summed E-state index contributed by atoms with van der Waals surface area (Å²) >= 11 is 0. The zero-order chi connectivity index (χ0) is 14.1. The molecule has 2 heterocycles. The lowest BCUT2D eigenvalue weighted by Crippen LogP contribution is -2.21. The molecule has 0 aliphatic carbocycles. The van der Waals surface area contributed by atoms with Gasteiger partial charge in [0.05, 0.1) is 19.1 Å². The number of benzene rings is 1. The van der Waals surface area contributed by atoms with Crippen LogP contribution in [0.5, 0.6) is 5.75 Å². The Morgan fingerprint density at radius 3 is 3.05 bits per heavy atom. The van der Waals surface area contributed by atoms with E-state index in [-0.39, 0.29) is 12.0 Å². The highest BCUT2D eigenvalue weighted by molar-refractivity contribution is 5.83. The highest BCUT2D eigenvalue weighted by Crippen LogP contribution is 2.39. The molecule has 0 radical (unpaired) electrons. The summed E-state index contributed by atoms with van der Waals surface area (Å²) in [6, 6.07) is 6.10. The molecule has 2 aromatic rings. The Morgan fingerprint density at radius 1 is 1.45 bits per heavy atom. The molecule has 0 amide bonds. The van der Waals surface area contributed by atoms with Crippen molar-refractivity contribution in [3.05, 3.63) is 23.6 Å². The minimum atomic E-state index is -0.244. The van der Waals surface area contributed by atoms with E-state index in [2.05, 4.69) is 11.1 Å². The van der Waals surface area contributed by atoms with Crippen LogP contribution in [0, 0.1) is 24.2 Å². The Labute approximate surface area is 117 Å². The maximum Gasteiger partial charge on any atom is 0.196 e. The second-order valence-electron chi connectivity index (χ2n) is 4.94. The number of nitrogens with zero attached hydrogens (tertiary/aromatic N) is 2. The minimum Gasteiger partial charge on any atom is -0.493 e. The summed E-state index contributed by atoms with van der Waals surface area (Å²) in [5, 5.41) is 9.30. The fraction of sp³-hybridized carbons (Fsp3) is 0.467. The summed E-state index contributed by atoms with van der Waals surface area (Å²) in [5.74, 6) is 1.08. The molecule has 2 unspecified atom stereocenters. The lowest BCUT2D eigenvalue weighted by Gasteiger charge is -2.27. The van der Waals surface area contributed by atoms with Crippen molar-refractivity contribution in [3.63, 3.8) is 0 Å². The van der Waals surface area contributed by atoms with Crippen LogP contribution in [0.4, 0.5) is 0 Å². The van der Waals surface area contributed by atoms with Crippen LogP contribution in [0.3, 0.4) is 0 Å². The van der Waals surface area contributed by atoms with Gasteiger partial charge in [0.1, 0.15) is 11.6 Å². The lowest BCUT2D eigenvalue weighted by molar-refractivity contribution is -0.00936. The molecule has 3 rings (SSSR count). The van der Waals surface area contributed by atoms with Crippen molar-refractivity contribution in [1.82, 2.24) is 4.98 Å². The Morgan fingerprint density at radius 2 is 2.30 bits per heavy atom. The molecule has 0 N–H and O–H groups in total. The van der Waals surface area contributed by atoms with Gasteiger partial charge in [-0.3, -0.25) is 0 Å². The maximum atomic E-state index is 9.30. The Kier molecular flexibility index (Phi) is 3.33. The summed E-state index contributed by atoms with van der Waals surface area (Å²) in [5.41, 5.74) is 2.26. The molecule has 1 aliphatic heterocycles. The molecule has 1 aromatic carbocycles. The monoisotopic (exact) mass is 272 g/mol. The number of aryl methyl sites for hydroxylation is 1. The number of methoxy groups -OCH3 is 1. The summed E-state index contributed by atoms with van der Waals surface area (Å²) in [7, 11) is 1.60. The number of hydrogen-bond acceptors (Lipinski definition) is 5. The van der Waals surface area contributed by atoms with E-state index in [4.69, 9.17) is 13.9 Å². The normalized spacial score (nSPS) is 22.6. The highest BCUT2D eigenvalue weighted by Gasteiger charge is 2.30. The van der Waals surface area contributed by atoms with E-state index in [1.807, 2.05) is 12.1 Å². The predicted octanol–water partition coefficient (Wildman–Crippen LogP) is 3.14. The van der Waals surface area contributed by atoms with Crippen molar-refractivity contribution in [2.75, 3.05) is 13.7 Å². The van der Waals surface area contributed by atoms with Crippen molar-refractivity contribution in [2.24, 2.45) is 5.92 Å². The topological polar surface area (TPSA) is 68.3 Å². The number of ether oxygens (including phenoxy) is 2. The van der Waals surface area contributed by atoms with Gasteiger partial charge in [-0.05, 0) is 18.9 Å². The van der Waals surface area contributed by atoms with E-state index in [1.54, 1.807) is 14.0 Å². The number of rotatable bonds is 2. The molecule has 0 saturated carbocycles. The SMILES string of the molecule is COc1ccc(C2OCCCC2C#N)c2nc(C)oc12. The first kappa shape index (κ1) is 12.9. The van der Waals surface area contributed by atoms with E-state index >= 15 is 0 Å². The summed E-state index contributed by atoms with van der Waals surface area (Å²) in [6.45, 7) is 2.47. The van der Waals surface area contributed by atoms with Crippen molar-refractivity contribution >= 4 is 11.1 Å². The summed E-state index contributed by atoms with van der Waals surface area (Å²) in [4.78, 5) is 4.43. The van der Waals surface area contributed by atoms with Crippen LogP contribution in [-0.2, 0) is 4.74 Å². The van der Waals surface area contributed by atoms with E-state index in [9.17, 15) is 5.26 Å². The Balaban J connectivity index is 2.14. The third kappa shape index (κ3) is 2.02. The van der Waals surface area contributed by atoms with Gasteiger partial charge in [0.25, 0.3) is 0 Å². The van der Waals surface area contributed by atoms with Crippen LogP contribution in [-0.4, -0.2) is 18.7 Å². The van der Waals surface area contributed by atoms with Crippen LogP contribution >= 0.6 is 0 Å². The zero-order valence-electron chi connectivity index (χ0n) is 11.5. The predicted molar refractivity (Wildman–Crippen MR) is 72.3 cm³/mol. The molecule has 5 nitrogen and oxygen atoms in total. The quantitative estimate of drug-likeness (QED) is 0.840. The third-order valence-electron chi connectivity index (χ3n) is 3.66. The Bertz CT molecular complexity index is 672. The lowest BCUT2D eigenvalue weighted by atomic mass is 9.90. The maximum absolute atomic E-state index is 9.30. The number of aromatic nitrogens is 1. The average molecular weight is 272 g/mol. The van der Waals surface area contributed by atoms with Gasteiger partial charge in [0.15, 0.2) is 17.2 Å². The average Bonchev–Trinajstić information content (AvgIpc) is 2.87. The van der Waals surface area contributed by atoms with Gasteiger partial charge in [-0.2, -0.15) is 5.26 Å². The molecule has 1 saturated heterocycles. The smallest absolute Gasteiger partial charge is 0.196 e. The largest absolute Gasteiger partial charge is 0.493 e. The van der Waals surface area contributed by atoms with E-state index in [0.29, 0.717) is 23.8 Å². The van der Waals surface area contributed by atoms with Crippen molar-refractivity contribution < 1.29 is 13.9 Å².